The maximum absolute atomic E-state index is 9.17. The van der Waals surface area contributed by atoms with Crippen LogP contribution in [0.4, 0.5) is 0 Å². The summed E-state index contributed by atoms with van der Waals surface area (Å²) in [6.45, 7) is 0. The number of nitrogens with zero attached hydrogens (tertiary/aromatic N) is 3. The monoisotopic (exact) mass is 583 g/mol. The van der Waals surface area contributed by atoms with Crippen molar-refractivity contribution in [3.63, 3.8) is 0 Å². The number of rotatable bonds is 4. The van der Waals surface area contributed by atoms with Crippen molar-refractivity contribution >= 4 is 43.5 Å². The molecule has 0 bridgehead atoms. The number of hydrogen-bond acceptors (Lipinski definition) is 4. The molecule has 0 N–H and O–H groups in total. The van der Waals surface area contributed by atoms with Crippen molar-refractivity contribution in [2.45, 2.75) is 0 Å². The molecule has 4 heteroatoms. The number of furan rings is 1. The molecule has 2 aromatic heterocycles. The molecule has 9 aromatic rings. The fraction of sp³-hybridized carbons (Fsp3) is 0. The molecular formula is C41H25N3O. The Morgan fingerprint density at radius 2 is 1.16 bits per heavy atom. The van der Waals surface area contributed by atoms with E-state index < -0.39 is 24.2 Å². The van der Waals surface area contributed by atoms with Crippen LogP contribution in [0.25, 0.3) is 88.8 Å². The minimum Gasteiger partial charge on any atom is -0.456 e. The van der Waals surface area contributed by atoms with E-state index in [9.17, 15) is 0 Å². The second-order valence-corrected chi connectivity index (χ2v) is 10.6. The highest BCUT2D eigenvalue weighted by Gasteiger charge is 2.17. The molecule has 0 fully saturated rings. The average Bonchev–Trinajstić information content (AvgIpc) is 3.58. The predicted octanol–water partition coefficient (Wildman–Crippen LogP) is 10.7. The van der Waals surface area contributed by atoms with Gasteiger partial charge >= 0.3 is 0 Å². The van der Waals surface area contributed by atoms with E-state index in [0.717, 1.165) is 21.9 Å². The van der Waals surface area contributed by atoms with Gasteiger partial charge in [-0.05, 0) is 56.9 Å². The van der Waals surface area contributed by atoms with Crippen molar-refractivity contribution in [3.8, 4) is 45.3 Å². The van der Waals surface area contributed by atoms with Gasteiger partial charge in [-0.25, -0.2) is 15.0 Å². The standard InChI is InChI=1S/C41H25N3O/c1-2-12-28(13-3-1)39-42-40(31-19-18-26-10-4-5-14-29(26)24-31)44-41(43-39)34-17-9-8-15-32(34)30-21-22-36-35(25-30)38-33-16-7-6-11-27(33)20-23-37(38)45-36/h1-25H/i6D,7D,11D,16D,20D,21D,22D,23D. The summed E-state index contributed by atoms with van der Waals surface area (Å²) in [5.41, 5.74) is 2.88. The zero-order chi connectivity index (χ0) is 36.7. The van der Waals surface area contributed by atoms with Gasteiger partial charge < -0.3 is 4.42 Å². The van der Waals surface area contributed by atoms with E-state index in [1.807, 2.05) is 91.0 Å². The summed E-state index contributed by atoms with van der Waals surface area (Å²) in [6.07, 6.45) is 0. The van der Waals surface area contributed by atoms with Crippen molar-refractivity contribution in [1.29, 1.82) is 0 Å². The van der Waals surface area contributed by atoms with E-state index in [1.165, 1.54) is 0 Å². The normalized spacial score (nSPS) is 14.0. The lowest BCUT2D eigenvalue weighted by molar-refractivity contribution is 0.669. The largest absolute Gasteiger partial charge is 0.456 e. The molecule has 0 aliphatic carbocycles. The highest BCUT2D eigenvalue weighted by molar-refractivity contribution is 6.19. The lowest BCUT2D eigenvalue weighted by Crippen LogP contribution is -2.01. The fourth-order valence-corrected chi connectivity index (χ4v) is 5.76. The van der Waals surface area contributed by atoms with Gasteiger partial charge in [0.2, 0.25) is 0 Å². The van der Waals surface area contributed by atoms with Gasteiger partial charge in [-0.1, -0.05) is 127 Å². The van der Waals surface area contributed by atoms with Gasteiger partial charge in [0, 0.05) is 27.5 Å². The summed E-state index contributed by atoms with van der Waals surface area (Å²) in [6, 6.07) is 29.5. The molecule has 9 rings (SSSR count). The van der Waals surface area contributed by atoms with Crippen molar-refractivity contribution in [3.05, 3.63) is 151 Å². The molecule has 0 aliphatic rings. The first-order valence-electron chi connectivity index (χ1n) is 18.4. The van der Waals surface area contributed by atoms with Gasteiger partial charge in [-0.3, -0.25) is 0 Å². The van der Waals surface area contributed by atoms with E-state index in [1.54, 1.807) is 12.1 Å². The van der Waals surface area contributed by atoms with E-state index in [0.29, 0.717) is 34.2 Å². The van der Waals surface area contributed by atoms with Crippen molar-refractivity contribution in [2.24, 2.45) is 0 Å². The molecule has 7 aromatic carbocycles. The SMILES string of the molecule is [2H]c1c(-c2ccccc2-c2nc(-c3ccccc3)nc(-c3ccc4ccccc4c3)n2)cc2c(oc3c([2H])c([2H])c4c([2H])c([2H])c([2H])c([2H])c4c32)c1[2H]. The Hall–Kier alpha value is -6.13. The van der Waals surface area contributed by atoms with Crippen LogP contribution in [-0.2, 0) is 0 Å². The lowest BCUT2D eigenvalue weighted by atomic mass is 9.96. The highest BCUT2D eigenvalue weighted by Crippen LogP contribution is 2.39. The molecule has 2 heterocycles. The number of aromatic nitrogens is 3. The molecular weight excluding hydrogens is 550 g/mol. The maximum atomic E-state index is 9.17. The maximum Gasteiger partial charge on any atom is 0.164 e. The molecule has 0 spiro atoms. The molecule has 0 atom stereocenters. The zero-order valence-corrected chi connectivity index (χ0v) is 23.6. The quantitative estimate of drug-likeness (QED) is 0.207. The van der Waals surface area contributed by atoms with E-state index >= 15 is 0 Å². The summed E-state index contributed by atoms with van der Waals surface area (Å²) >= 11 is 0. The zero-order valence-electron chi connectivity index (χ0n) is 31.6. The van der Waals surface area contributed by atoms with Gasteiger partial charge in [0.05, 0.1) is 11.0 Å². The summed E-state index contributed by atoms with van der Waals surface area (Å²) in [4.78, 5) is 14.8. The Morgan fingerprint density at radius 1 is 0.444 bits per heavy atom. The van der Waals surface area contributed by atoms with Crippen LogP contribution < -0.4 is 0 Å². The second kappa shape index (κ2) is 10.2. The Kier molecular flexibility index (Phi) is 4.22. The third kappa shape index (κ3) is 4.35. The smallest absolute Gasteiger partial charge is 0.164 e. The molecule has 0 radical (unpaired) electrons. The Labute approximate surface area is 270 Å². The fourth-order valence-electron chi connectivity index (χ4n) is 5.76. The molecule has 0 saturated heterocycles. The van der Waals surface area contributed by atoms with E-state index in [-0.39, 0.29) is 56.9 Å². The molecule has 0 saturated carbocycles. The molecule has 0 aliphatic heterocycles. The van der Waals surface area contributed by atoms with Crippen LogP contribution in [-0.4, -0.2) is 15.0 Å². The van der Waals surface area contributed by atoms with Crippen molar-refractivity contribution < 1.29 is 15.4 Å². The van der Waals surface area contributed by atoms with Gasteiger partial charge in [-0.15, -0.1) is 0 Å². The van der Waals surface area contributed by atoms with Gasteiger partial charge in [0.15, 0.2) is 17.5 Å². The predicted molar refractivity (Wildman–Crippen MR) is 184 cm³/mol. The van der Waals surface area contributed by atoms with Crippen molar-refractivity contribution in [1.82, 2.24) is 15.0 Å². The van der Waals surface area contributed by atoms with Crippen LogP contribution in [0.5, 0.6) is 0 Å². The molecule has 45 heavy (non-hydrogen) atoms. The minimum absolute atomic E-state index is 0.0205. The third-order valence-electron chi connectivity index (χ3n) is 7.92. The molecule has 0 unspecified atom stereocenters. The summed E-state index contributed by atoms with van der Waals surface area (Å²) < 4.78 is 75.6. The Bertz CT molecular complexity index is 3000. The van der Waals surface area contributed by atoms with Crippen LogP contribution in [0.1, 0.15) is 11.0 Å². The first-order valence-corrected chi connectivity index (χ1v) is 14.4. The Morgan fingerprint density at radius 3 is 2.04 bits per heavy atom. The highest BCUT2D eigenvalue weighted by atomic mass is 16.3. The van der Waals surface area contributed by atoms with Crippen LogP contribution in [0.2, 0.25) is 0 Å². The van der Waals surface area contributed by atoms with Gasteiger partial charge in [0.25, 0.3) is 0 Å². The third-order valence-corrected chi connectivity index (χ3v) is 7.92. The first-order chi connectivity index (χ1) is 25.6. The molecule has 210 valence electrons. The van der Waals surface area contributed by atoms with Gasteiger partial charge in [-0.2, -0.15) is 0 Å². The lowest BCUT2D eigenvalue weighted by Gasteiger charge is -2.12. The number of fused-ring (bicyclic) bond motifs is 6. The average molecular weight is 584 g/mol. The number of hydrogen-bond donors (Lipinski definition) is 0. The summed E-state index contributed by atoms with van der Waals surface area (Å²) in [5.74, 6) is 1.24. The van der Waals surface area contributed by atoms with E-state index in [2.05, 4.69) is 0 Å². The van der Waals surface area contributed by atoms with Crippen LogP contribution in [0, 0.1) is 0 Å². The molecule has 4 nitrogen and oxygen atoms in total. The topological polar surface area (TPSA) is 51.8 Å². The molecule has 0 amide bonds. The second-order valence-electron chi connectivity index (χ2n) is 10.6. The van der Waals surface area contributed by atoms with Crippen LogP contribution in [0.15, 0.2) is 156 Å². The number of benzene rings is 7. The van der Waals surface area contributed by atoms with Crippen molar-refractivity contribution in [2.75, 3.05) is 0 Å². The summed E-state index contributed by atoms with van der Waals surface area (Å²) in [7, 11) is 0. The van der Waals surface area contributed by atoms with Gasteiger partial charge in [0.1, 0.15) is 11.2 Å². The first kappa shape index (κ1) is 18.5. The minimum atomic E-state index is -0.512. The Balaban J connectivity index is 1.33. The van der Waals surface area contributed by atoms with Crippen LogP contribution >= 0.6 is 0 Å². The van der Waals surface area contributed by atoms with E-state index in [4.69, 9.17) is 30.3 Å². The summed E-state index contributed by atoms with van der Waals surface area (Å²) in [5, 5.41) is 2.48. The van der Waals surface area contributed by atoms with Crippen LogP contribution in [0.3, 0.4) is 0 Å².